The number of nitrogens with one attached hydrogen (secondary N) is 1. The molecular weight excluding hydrogens is 592 g/mol. The molecule has 0 amide bonds. The summed E-state index contributed by atoms with van der Waals surface area (Å²) in [6.45, 7) is 11.2. The molecule has 1 fully saturated rings. The monoisotopic (exact) mass is 628 g/mol. The van der Waals surface area contributed by atoms with Crippen LogP contribution < -0.4 is 15.4 Å². The predicted octanol–water partition coefficient (Wildman–Crippen LogP) is 5.68. The summed E-state index contributed by atoms with van der Waals surface area (Å²) in [7, 11) is -1.22. The predicted molar refractivity (Wildman–Crippen MR) is 168 cm³/mol. The molecule has 5 rings (SSSR count). The zero-order valence-electron chi connectivity index (χ0n) is 24.6. The number of rotatable bonds is 7. The van der Waals surface area contributed by atoms with Crippen molar-refractivity contribution in [2.45, 2.75) is 74.6 Å². The Morgan fingerprint density at radius 2 is 1.95 bits per heavy atom. The number of anilines is 2. The summed E-state index contributed by atoms with van der Waals surface area (Å²) < 4.78 is 21.8. The Labute approximate surface area is 259 Å². The number of ether oxygens (including phenoxy) is 1. The van der Waals surface area contributed by atoms with Crippen molar-refractivity contribution in [3.8, 4) is 0 Å². The smallest absolute Gasteiger partial charge is 0.360 e. The van der Waals surface area contributed by atoms with Crippen LogP contribution in [0.2, 0.25) is 5.02 Å². The normalized spacial score (nSPS) is 18.6. The molecule has 1 unspecified atom stereocenters. The topological polar surface area (TPSA) is 123 Å². The zero-order chi connectivity index (χ0) is 30.2. The number of halogens is 1. The highest BCUT2D eigenvalue weighted by Crippen LogP contribution is 2.53. The highest BCUT2D eigenvalue weighted by atomic mass is 35.5. The number of nitrogens with zero attached hydrogens (tertiary/aromatic N) is 4. The largest absolute Gasteiger partial charge is 0.461 e. The van der Waals surface area contributed by atoms with Gasteiger partial charge >= 0.3 is 5.97 Å². The number of carbonyl (C=O) groups is 1. The molecule has 3 heterocycles. The Morgan fingerprint density at radius 3 is 2.64 bits per heavy atom. The number of nitrogens with two attached hydrogens (primary N) is 1. The van der Waals surface area contributed by atoms with Gasteiger partial charge < -0.3 is 15.4 Å². The Balaban J connectivity index is 1.44. The number of piperidine rings is 1. The van der Waals surface area contributed by atoms with Crippen molar-refractivity contribution in [3.05, 3.63) is 64.1 Å². The molecule has 1 aliphatic heterocycles. The van der Waals surface area contributed by atoms with E-state index in [-0.39, 0.29) is 34.3 Å². The number of benzene rings is 1. The number of esters is 1. The minimum atomic E-state index is -1.22. The van der Waals surface area contributed by atoms with Gasteiger partial charge in [0.05, 0.1) is 39.1 Å². The van der Waals surface area contributed by atoms with Gasteiger partial charge in [-0.1, -0.05) is 47.6 Å². The first-order valence-corrected chi connectivity index (χ1v) is 16.4. The highest BCUT2D eigenvalue weighted by molar-refractivity contribution is 7.99. The average Bonchev–Trinajstić information content (AvgIpc) is 3.24. The first-order valence-electron chi connectivity index (χ1n) is 14.1. The van der Waals surface area contributed by atoms with Gasteiger partial charge in [0, 0.05) is 24.2 Å². The minimum absolute atomic E-state index is 0.0235. The molecule has 0 radical (unpaired) electrons. The quantitative estimate of drug-likeness (QED) is 0.318. The molecule has 224 valence electrons. The lowest BCUT2D eigenvalue weighted by Gasteiger charge is -2.44. The molecular formula is C30H37ClN6O3S2. The van der Waals surface area contributed by atoms with Crippen LogP contribution in [0.4, 0.5) is 11.6 Å². The van der Waals surface area contributed by atoms with E-state index in [1.807, 2.05) is 27.7 Å². The Morgan fingerprint density at radius 1 is 1.24 bits per heavy atom. The van der Waals surface area contributed by atoms with Gasteiger partial charge in [0.2, 0.25) is 0 Å². The molecule has 9 nitrogen and oxygen atoms in total. The molecule has 2 aliphatic rings. The number of carbonyl (C=O) groups excluding carboxylic acids is 1. The first kappa shape index (κ1) is 30.7. The third-order valence-corrected chi connectivity index (χ3v) is 11.1. The Hall–Kier alpha value is -2.73. The van der Waals surface area contributed by atoms with Gasteiger partial charge in [0.1, 0.15) is 10.8 Å². The number of aryl methyl sites for hydroxylation is 1. The lowest BCUT2D eigenvalue weighted by Crippen LogP contribution is -2.48. The lowest BCUT2D eigenvalue weighted by molar-refractivity contribution is 0.0518. The summed E-state index contributed by atoms with van der Waals surface area (Å²) >= 11 is 7.67. The highest BCUT2D eigenvalue weighted by Gasteiger charge is 2.49. The summed E-state index contributed by atoms with van der Waals surface area (Å²) in [6.07, 6.45) is 4.17. The van der Waals surface area contributed by atoms with Crippen LogP contribution in [0.3, 0.4) is 0 Å². The zero-order valence-corrected chi connectivity index (χ0v) is 27.0. The second-order valence-electron chi connectivity index (χ2n) is 11.8. The summed E-state index contributed by atoms with van der Waals surface area (Å²) in [4.78, 5) is 29.6. The molecule has 42 heavy (non-hydrogen) atoms. The van der Waals surface area contributed by atoms with Crippen LogP contribution in [0, 0.1) is 12.3 Å². The summed E-state index contributed by atoms with van der Waals surface area (Å²) in [5.41, 5.74) is 9.17. The number of nitrogen functional groups attached to an aromatic ring is 1. The minimum Gasteiger partial charge on any atom is -0.461 e. The van der Waals surface area contributed by atoms with Crippen LogP contribution in [-0.4, -0.2) is 49.6 Å². The van der Waals surface area contributed by atoms with Crippen molar-refractivity contribution in [1.29, 1.82) is 0 Å². The molecule has 12 heteroatoms. The number of pyridine rings is 1. The van der Waals surface area contributed by atoms with Gasteiger partial charge in [0.15, 0.2) is 11.5 Å². The average molecular weight is 629 g/mol. The van der Waals surface area contributed by atoms with Crippen molar-refractivity contribution in [2.24, 2.45) is 5.41 Å². The van der Waals surface area contributed by atoms with Crippen LogP contribution in [0.1, 0.15) is 73.9 Å². The molecule has 1 spiro atoms. The van der Waals surface area contributed by atoms with Crippen LogP contribution in [0.5, 0.6) is 0 Å². The van der Waals surface area contributed by atoms with E-state index in [2.05, 4.69) is 38.9 Å². The standard InChI is InChI=1S/C30H37ClN6O3S2/c1-6-40-28(38)23-26(34-18(2)27(35-23)41-21-11-14-33-25(32)22(21)31)37-15-12-30(13-16-37)17-19-9-7-8-10-20(19)24(30)36-42(39)29(3,4)5/h7-11,14,24,36H,6,12-13,15-17H2,1-5H3,(H2,32,33)/t24-,42?/m1/s1. The fourth-order valence-corrected chi connectivity index (χ4v) is 7.69. The van der Waals surface area contributed by atoms with E-state index in [1.165, 1.54) is 22.9 Å². The van der Waals surface area contributed by atoms with E-state index in [1.54, 1.807) is 19.2 Å². The molecule has 3 aromatic rings. The molecule has 3 N–H and O–H groups in total. The fourth-order valence-electron chi connectivity index (χ4n) is 5.66. The Kier molecular flexibility index (Phi) is 8.85. The maximum Gasteiger partial charge on any atom is 0.360 e. The third-order valence-electron chi connectivity index (χ3n) is 7.93. The fraction of sp³-hybridized carbons (Fsp3) is 0.467. The first-order chi connectivity index (χ1) is 19.9. The van der Waals surface area contributed by atoms with E-state index in [0.29, 0.717) is 39.5 Å². The molecule has 2 atom stereocenters. The number of fused-ring (bicyclic) bond motifs is 1. The van der Waals surface area contributed by atoms with Crippen molar-refractivity contribution >= 4 is 52.0 Å². The lowest BCUT2D eigenvalue weighted by atomic mass is 9.73. The maximum atomic E-state index is 13.3. The number of aromatic nitrogens is 3. The molecule has 1 aromatic carbocycles. The second-order valence-corrected chi connectivity index (χ2v) is 15.2. The van der Waals surface area contributed by atoms with Gasteiger partial charge in [-0.15, -0.1) is 0 Å². The molecule has 2 aromatic heterocycles. The van der Waals surface area contributed by atoms with Crippen LogP contribution in [0.25, 0.3) is 0 Å². The maximum absolute atomic E-state index is 13.3. The summed E-state index contributed by atoms with van der Waals surface area (Å²) in [5, 5.41) is 0.878. The van der Waals surface area contributed by atoms with E-state index in [4.69, 9.17) is 32.0 Å². The van der Waals surface area contributed by atoms with Crippen molar-refractivity contribution < 1.29 is 13.7 Å². The van der Waals surface area contributed by atoms with Crippen molar-refractivity contribution in [1.82, 2.24) is 19.7 Å². The third kappa shape index (κ3) is 6.02. The van der Waals surface area contributed by atoms with Crippen LogP contribution >= 0.6 is 23.4 Å². The van der Waals surface area contributed by atoms with E-state index >= 15 is 0 Å². The second kappa shape index (κ2) is 12.1. The van der Waals surface area contributed by atoms with Gasteiger partial charge in [-0.25, -0.2) is 28.7 Å². The van der Waals surface area contributed by atoms with E-state index in [0.717, 1.165) is 19.3 Å². The number of hydrogen-bond acceptors (Lipinski definition) is 9. The summed E-state index contributed by atoms with van der Waals surface area (Å²) in [6, 6.07) is 10.2. The van der Waals surface area contributed by atoms with E-state index < -0.39 is 17.0 Å². The van der Waals surface area contributed by atoms with Gasteiger partial charge in [-0.2, -0.15) is 0 Å². The van der Waals surface area contributed by atoms with E-state index in [9.17, 15) is 9.00 Å². The molecule has 1 aliphatic carbocycles. The molecule has 1 saturated heterocycles. The Bertz CT molecular complexity index is 1520. The van der Waals surface area contributed by atoms with Gasteiger partial charge in [0.25, 0.3) is 0 Å². The number of hydrogen-bond donors (Lipinski definition) is 2. The SMILES string of the molecule is CCOC(=O)c1nc(Sc2ccnc(N)c2Cl)c(C)nc1N1CCC2(CC1)Cc1ccccc1[C@H]2NS(=O)C(C)(C)C. The van der Waals surface area contributed by atoms with Crippen LogP contribution in [0.15, 0.2) is 46.5 Å². The molecule has 0 saturated carbocycles. The molecule has 0 bridgehead atoms. The summed E-state index contributed by atoms with van der Waals surface area (Å²) in [5.74, 6) is 0.226. The van der Waals surface area contributed by atoms with Gasteiger partial charge in [-0.3, -0.25) is 0 Å². The van der Waals surface area contributed by atoms with Crippen molar-refractivity contribution in [3.63, 3.8) is 0 Å². The van der Waals surface area contributed by atoms with Gasteiger partial charge in [-0.05, 0) is 76.5 Å². The van der Waals surface area contributed by atoms with Crippen LogP contribution in [-0.2, 0) is 22.1 Å². The van der Waals surface area contributed by atoms with Crippen molar-refractivity contribution in [2.75, 3.05) is 30.3 Å².